The van der Waals surface area contributed by atoms with E-state index in [1.54, 1.807) is 0 Å². The fourth-order valence-corrected chi connectivity index (χ4v) is 8.11. The van der Waals surface area contributed by atoms with Crippen molar-refractivity contribution >= 4 is 54.5 Å². The van der Waals surface area contributed by atoms with Gasteiger partial charge in [0.25, 0.3) is 0 Å². The zero-order valence-electron chi connectivity index (χ0n) is 29.7. The van der Waals surface area contributed by atoms with Crippen LogP contribution in [0.1, 0.15) is 22.3 Å². The number of hydrogen-bond donors (Lipinski definition) is 0. The minimum Gasteiger partial charge on any atom is -0.246 e. The van der Waals surface area contributed by atoms with Crippen molar-refractivity contribution in [2.24, 2.45) is 0 Å². The Labute approximate surface area is 315 Å². The molecule has 0 spiro atoms. The molecule has 10 rings (SSSR count). The molecule has 9 aromatic carbocycles. The van der Waals surface area contributed by atoms with Crippen LogP contribution in [-0.2, 0) is 0 Å². The summed E-state index contributed by atoms with van der Waals surface area (Å²) in [5, 5.41) is 7.09. The Morgan fingerprint density at radius 2 is 0.611 bits per heavy atom. The minimum absolute atomic E-state index is 1.04. The van der Waals surface area contributed by atoms with E-state index in [2.05, 4.69) is 212 Å². The maximum atomic E-state index is 5.38. The topological polar surface area (TPSA) is 12.9 Å². The van der Waals surface area contributed by atoms with Crippen molar-refractivity contribution < 1.29 is 0 Å². The predicted octanol–water partition coefficient (Wildman–Crippen LogP) is 14.0. The van der Waals surface area contributed by atoms with Gasteiger partial charge in [0.05, 0.1) is 11.0 Å². The Hall–Kier alpha value is -7.09. The average molecular weight is 686 g/mol. The highest BCUT2D eigenvalue weighted by Gasteiger charge is 2.18. The van der Waals surface area contributed by atoms with Crippen LogP contribution in [0, 0.1) is 0 Å². The quantitative estimate of drug-likeness (QED) is 0.0964. The lowest BCUT2D eigenvalue weighted by Gasteiger charge is -2.18. The van der Waals surface area contributed by atoms with Gasteiger partial charge in [0.15, 0.2) is 0 Å². The maximum absolute atomic E-state index is 5.38. The Balaban J connectivity index is 1.10. The molecule has 0 radical (unpaired) electrons. The number of aromatic nitrogens is 1. The van der Waals surface area contributed by atoms with E-state index in [0.717, 1.165) is 11.0 Å². The molecule has 1 heterocycles. The van der Waals surface area contributed by atoms with Gasteiger partial charge in [0.1, 0.15) is 0 Å². The van der Waals surface area contributed by atoms with Crippen LogP contribution in [0.4, 0.5) is 0 Å². The summed E-state index contributed by atoms with van der Waals surface area (Å²) in [4.78, 5) is 5.38. The summed E-state index contributed by atoms with van der Waals surface area (Å²) in [6.45, 7) is 0. The van der Waals surface area contributed by atoms with Gasteiger partial charge in [-0.15, -0.1) is 0 Å². The third kappa shape index (κ3) is 5.55. The molecule has 0 aliphatic rings. The second-order valence-corrected chi connectivity index (χ2v) is 13.9. The van der Waals surface area contributed by atoms with Crippen molar-refractivity contribution in [3.8, 4) is 22.3 Å². The van der Waals surface area contributed by atoms with Crippen LogP contribution in [0.2, 0.25) is 0 Å². The Morgan fingerprint density at radius 1 is 0.259 bits per heavy atom. The van der Waals surface area contributed by atoms with Gasteiger partial charge >= 0.3 is 0 Å². The molecular weight excluding hydrogens is 651 g/mol. The molecule has 0 bridgehead atoms. The minimum atomic E-state index is 1.04. The fourth-order valence-electron chi connectivity index (χ4n) is 8.11. The lowest BCUT2D eigenvalue weighted by Crippen LogP contribution is -1.97. The molecule has 54 heavy (non-hydrogen) atoms. The average Bonchev–Trinajstić information content (AvgIpc) is 3.26. The van der Waals surface area contributed by atoms with Gasteiger partial charge in [-0.1, -0.05) is 212 Å². The van der Waals surface area contributed by atoms with Crippen LogP contribution < -0.4 is 0 Å². The van der Waals surface area contributed by atoms with E-state index in [-0.39, 0.29) is 0 Å². The molecule has 0 amide bonds. The standard InChI is InChI=1S/C53H35N/c1-4-16-40(17-5-1)49(41-18-6-2-7-19-41)50(42-20-8-3-9-21-42)43-28-24-36(25-29-43)37-26-30-44(31-27-37)51-47-34-32-38-14-10-12-22-45(38)52(47)54-53-46-23-13-11-15-39(46)33-35-48(51)53/h1-35H. The first kappa shape index (κ1) is 31.6. The maximum Gasteiger partial charge on any atom is 0.0794 e. The molecule has 0 fully saturated rings. The number of pyridine rings is 1. The smallest absolute Gasteiger partial charge is 0.0794 e. The number of nitrogens with zero attached hydrogens (tertiary/aromatic N) is 1. The van der Waals surface area contributed by atoms with E-state index in [4.69, 9.17) is 4.98 Å². The van der Waals surface area contributed by atoms with Crippen molar-refractivity contribution in [3.05, 3.63) is 235 Å². The molecule has 1 nitrogen and oxygen atoms in total. The third-order valence-corrected chi connectivity index (χ3v) is 10.7. The molecule has 0 unspecified atom stereocenters. The highest BCUT2D eigenvalue weighted by Crippen LogP contribution is 2.41. The van der Waals surface area contributed by atoms with Gasteiger partial charge in [-0.2, -0.15) is 0 Å². The molecule has 0 saturated heterocycles. The summed E-state index contributed by atoms with van der Waals surface area (Å²) in [7, 11) is 0. The molecule has 10 aromatic rings. The Bertz CT molecular complexity index is 2850. The van der Waals surface area contributed by atoms with E-state index in [9.17, 15) is 0 Å². The molecular formula is C53H35N. The van der Waals surface area contributed by atoms with Crippen molar-refractivity contribution in [1.29, 1.82) is 0 Å². The lowest BCUT2D eigenvalue weighted by atomic mass is 9.85. The highest BCUT2D eigenvalue weighted by molar-refractivity contribution is 6.21. The SMILES string of the molecule is c1ccc(C(=C(c2ccccc2)c2ccc(-c3ccc(-c4c5ccc6ccccc6c5nc5c4ccc4ccccc45)cc3)cc2)c2ccccc2)cc1. The fraction of sp³-hybridized carbons (Fsp3) is 0. The summed E-state index contributed by atoms with van der Waals surface area (Å²) in [6, 6.07) is 76.5. The normalized spacial score (nSPS) is 11.3. The summed E-state index contributed by atoms with van der Waals surface area (Å²) in [5.74, 6) is 0. The largest absolute Gasteiger partial charge is 0.246 e. The molecule has 0 saturated carbocycles. The van der Waals surface area contributed by atoms with Gasteiger partial charge in [0.2, 0.25) is 0 Å². The number of rotatable bonds is 6. The van der Waals surface area contributed by atoms with Crippen LogP contribution in [0.5, 0.6) is 0 Å². The second kappa shape index (κ2) is 13.5. The van der Waals surface area contributed by atoms with Gasteiger partial charge in [-0.25, -0.2) is 4.98 Å². The number of fused-ring (bicyclic) bond motifs is 6. The summed E-state index contributed by atoms with van der Waals surface area (Å²) in [5.41, 5.74) is 14.0. The Kier molecular flexibility index (Phi) is 7.89. The molecule has 1 heteroatoms. The predicted molar refractivity (Wildman–Crippen MR) is 229 cm³/mol. The van der Waals surface area contributed by atoms with Crippen LogP contribution in [0.15, 0.2) is 212 Å². The zero-order valence-corrected chi connectivity index (χ0v) is 29.7. The van der Waals surface area contributed by atoms with E-state index < -0.39 is 0 Å². The molecule has 0 aliphatic heterocycles. The Morgan fingerprint density at radius 3 is 1.06 bits per heavy atom. The summed E-state index contributed by atoms with van der Waals surface area (Å²) < 4.78 is 0. The molecule has 0 atom stereocenters. The zero-order chi connectivity index (χ0) is 35.8. The lowest BCUT2D eigenvalue weighted by molar-refractivity contribution is 1.50. The van der Waals surface area contributed by atoms with Crippen LogP contribution in [0.3, 0.4) is 0 Å². The highest BCUT2D eigenvalue weighted by atomic mass is 14.7. The van der Waals surface area contributed by atoms with Crippen molar-refractivity contribution in [2.45, 2.75) is 0 Å². The number of benzene rings is 9. The summed E-state index contributed by atoms with van der Waals surface area (Å²) in [6.07, 6.45) is 0. The van der Waals surface area contributed by atoms with Crippen molar-refractivity contribution in [2.75, 3.05) is 0 Å². The summed E-state index contributed by atoms with van der Waals surface area (Å²) >= 11 is 0. The third-order valence-electron chi connectivity index (χ3n) is 10.7. The molecule has 252 valence electrons. The van der Waals surface area contributed by atoms with E-state index >= 15 is 0 Å². The van der Waals surface area contributed by atoms with Crippen molar-refractivity contribution in [1.82, 2.24) is 4.98 Å². The number of hydrogen-bond acceptors (Lipinski definition) is 1. The van der Waals surface area contributed by atoms with E-state index in [1.165, 1.54) is 88.0 Å². The van der Waals surface area contributed by atoms with Crippen LogP contribution in [0.25, 0.3) is 76.8 Å². The molecule has 0 N–H and O–H groups in total. The molecule has 1 aromatic heterocycles. The molecule has 0 aliphatic carbocycles. The second-order valence-electron chi connectivity index (χ2n) is 13.9. The van der Waals surface area contributed by atoms with Crippen molar-refractivity contribution in [3.63, 3.8) is 0 Å². The monoisotopic (exact) mass is 685 g/mol. The van der Waals surface area contributed by atoms with Crippen LogP contribution in [-0.4, -0.2) is 4.98 Å². The van der Waals surface area contributed by atoms with Gasteiger partial charge in [-0.05, 0) is 60.9 Å². The first-order chi connectivity index (χ1) is 26.8. The van der Waals surface area contributed by atoms with E-state index in [0.29, 0.717) is 0 Å². The first-order valence-corrected chi connectivity index (χ1v) is 18.5. The van der Waals surface area contributed by atoms with E-state index in [1.807, 2.05) is 0 Å². The first-order valence-electron chi connectivity index (χ1n) is 18.5. The van der Waals surface area contributed by atoms with Gasteiger partial charge in [-0.3, -0.25) is 0 Å². The van der Waals surface area contributed by atoms with Gasteiger partial charge in [0, 0.05) is 27.1 Å². The van der Waals surface area contributed by atoms with Gasteiger partial charge < -0.3 is 0 Å². The van der Waals surface area contributed by atoms with Crippen LogP contribution >= 0.6 is 0 Å².